The first-order valence-corrected chi connectivity index (χ1v) is 7.27. The molecule has 4 nitrogen and oxygen atoms in total. The largest absolute Gasteiger partial charge is 0.491 e. The second-order valence-corrected chi connectivity index (χ2v) is 5.37. The summed E-state index contributed by atoms with van der Waals surface area (Å²) in [7, 11) is 0. The molecule has 2 rings (SSSR count). The van der Waals surface area contributed by atoms with Crippen LogP contribution in [0.3, 0.4) is 0 Å². The van der Waals surface area contributed by atoms with Crippen molar-refractivity contribution >= 4 is 0 Å². The van der Waals surface area contributed by atoms with Gasteiger partial charge in [0, 0.05) is 6.04 Å². The molecule has 0 fully saturated rings. The summed E-state index contributed by atoms with van der Waals surface area (Å²) in [5.41, 5.74) is 1.14. The van der Waals surface area contributed by atoms with E-state index in [1.54, 1.807) is 6.26 Å². The number of benzene rings is 1. The number of rotatable bonds is 7. The van der Waals surface area contributed by atoms with Crippen LogP contribution in [0.5, 0.6) is 5.75 Å². The minimum atomic E-state index is -0.207. The minimum absolute atomic E-state index is 0.00754. The van der Waals surface area contributed by atoms with Crippen LogP contribution in [0.15, 0.2) is 47.1 Å². The van der Waals surface area contributed by atoms with Crippen LogP contribution in [0.4, 0.5) is 0 Å². The van der Waals surface area contributed by atoms with Crippen LogP contribution >= 0.6 is 0 Å². The van der Waals surface area contributed by atoms with Crippen molar-refractivity contribution < 1.29 is 14.3 Å². The van der Waals surface area contributed by atoms with Crippen molar-refractivity contribution in [2.45, 2.75) is 39.0 Å². The van der Waals surface area contributed by atoms with Gasteiger partial charge in [-0.15, -0.1) is 0 Å². The Kier molecular flexibility index (Phi) is 5.42. The van der Waals surface area contributed by atoms with E-state index >= 15 is 0 Å². The molecule has 2 aromatic rings. The van der Waals surface area contributed by atoms with Gasteiger partial charge in [-0.1, -0.05) is 12.1 Å². The van der Waals surface area contributed by atoms with Crippen LogP contribution in [-0.4, -0.2) is 17.8 Å². The van der Waals surface area contributed by atoms with Crippen molar-refractivity contribution in [1.29, 1.82) is 0 Å². The zero-order valence-electron chi connectivity index (χ0n) is 12.7. The van der Waals surface area contributed by atoms with Gasteiger partial charge in [0.15, 0.2) is 0 Å². The van der Waals surface area contributed by atoms with Crippen LogP contribution in [0.1, 0.15) is 44.2 Å². The topological polar surface area (TPSA) is 54.6 Å². The first-order chi connectivity index (χ1) is 10.1. The fraction of sp³-hybridized carbons (Fsp3) is 0.412. The normalized spacial score (nSPS) is 14.1. The van der Waals surface area contributed by atoms with Gasteiger partial charge in [0.1, 0.15) is 11.5 Å². The molecular weight excluding hydrogens is 266 g/mol. The highest BCUT2D eigenvalue weighted by Gasteiger charge is 2.16. The molecule has 0 aliphatic carbocycles. The fourth-order valence-corrected chi connectivity index (χ4v) is 2.22. The predicted molar refractivity (Wildman–Crippen MR) is 82.3 cm³/mol. The zero-order chi connectivity index (χ0) is 15.2. The predicted octanol–water partition coefficient (Wildman–Crippen LogP) is 3.45. The number of hydrogen-bond acceptors (Lipinski definition) is 4. The number of aliphatic hydroxyl groups excluding tert-OH is 1. The molecule has 2 N–H and O–H groups in total. The van der Waals surface area contributed by atoms with Gasteiger partial charge in [0.05, 0.1) is 25.0 Å². The van der Waals surface area contributed by atoms with Crippen LogP contribution in [0.2, 0.25) is 0 Å². The van der Waals surface area contributed by atoms with E-state index < -0.39 is 0 Å². The van der Waals surface area contributed by atoms with Gasteiger partial charge in [-0.3, -0.25) is 5.32 Å². The highest BCUT2D eigenvalue weighted by molar-refractivity contribution is 5.29. The first-order valence-electron chi connectivity index (χ1n) is 7.27. The second-order valence-electron chi connectivity index (χ2n) is 5.37. The minimum Gasteiger partial charge on any atom is -0.491 e. The highest BCUT2D eigenvalue weighted by Crippen LogP contribution is 2.22. The number of nitrogens with one attached hydrogen (secondary N) is 1. The van der Waals surface area contributed by atoms with Gasteiger partial charge < -0.3 is 14.3 Å². The van der Waals surface area contributed by atoms with Crippen molar-refractivity contribution in [2.24, 2.45) is 0 Å². The summed E-state index contributed by atoms with van der Waals surface area (Å²) in [5.74, 6) is 1.61. The molecule has 0 saturated carbocycles. The van der Waals surface area contributed by atoms with Crippen LogP contribution in [-0.2, 0) is 0 Å². The average Bonchev–Trinajstić information content (AvgIpc) is 2.98. The Labute approximate surface area is 125 Å². The van der Waals surface area contributed by atoms with Crippen molar-refractivity contribution in [3.63, 3.8) is 0 Å². The molecule has 1 aromatic heterocycles. The van der Waals surface area contributed by atoms with E-state index in [-0.39, 0.29) is 24.8 Å². The van der Waals surface area contributed by atoms with E-state index in [1.165, 1.54) is 0 Å². The van der Waals surface area contributed by atoms with Gasteiger partial charge in [0.25, 0.3) is 0 Å². The zero-order valence-corrected chi connectivity index (χ0v) is 12.7. The summed E-state index contributed by atoms with van der Waals surface area (Å²) in [5, 5.41) is 12.9. The standard InChI is InChI=1S/C17H23NO3/c1-12(2)21-15-8-6-14(7-9-15)13(3)18-16(11-19)17-5-4-10-20-17/h4-10,12-13,16,18-19H,11H2,1-3H3. The third-order valence-electron chi connectivity index (χ3n) is 3.27. The maximum atomic E-state index is 9.49. The van der Waals surface area contributed by atoms with E-state index in [1.807, 2.05) is 50.2 Å². The SMILES string of the molecule is CC(C)Oc1ccc(C(C)NC(CO)c2ccco2)cc1. The molecule has 0 amide bonds. The number of aliphatic hydroxyl groups is 1. The van der Waals surface area contributed by atoms with Crippen LogP contribution in [0, 0.1) is 0 Å². The molecule has 0 bridgehead atoms. The van der Waals surface area contributed by atoms with Crippen molar-refractivity contribution in [3.8, 4) is 5.75 Å². The lowest BCUT2D eigenvalue weighted by Crippen LogP contribution is -2.27. The van der Waals surface area contributed by atoms with E-state index in [2.05, 4.69) is 12.2 Å². The summed E-state index contributed by atoms with van der Waals surface area (Å²) in [6.07, 6.45) is 1.78. The van der Waals surface area contributed by atoms with Gasteiger partial charge in [0.2, 0.25) is 0 Å². The summed E-state index contributed by atoms with van der Waals surface area (Å²) < 4.78 is 11.0. The third-order valence-corrected chi connectivity index (χ3v) is 3.27. The number of hydrogen-bond donors (Lipinski definition) is 2. The van der Waals surface area contributed by atoms with Gasteiger partial charge in [-0.2, -0.15) is 0 Å². The Morgan fingerprint density at radius 1 is 1.14 bits per heavy atom. The molecule has 21 heavy (non-hydrogen) atoms. The Balaban J connectivity index is 2.00. The smallest absolute Gasteiger partial charge is 0.123 e. The molecule has 0 aliphatic rings. The molecule has 0 aliphatic heterocycles. The van der Waals surface area contributed by atoms with Gasteiger partial charge in [-0.25, -0.2) is 0 Å². The molecule has 114 valence electrons. The lowest BCUT2D eigenvalue weighted by molar-refractivity contribution is 0.217. The van der Waals surface area contributed by atoms with Gasteiger partial charge >= 0.3 is 0 Å². The van der Waals surface area contributed by atoms with Gasteiger partial charge in [-0.05, 0) is 50.6 Å². The first kappa shape index (κ1) is 15.6. The van der Waals surface area contributed by atoms with Crippen molar-refractivity contribution in [2.75, 3.05) is 6.61 Å². The maximum Gasteiger partial charge on any atom is 0.123 e. The van der Waals surface area contributed by atoms with Crippen molar-refractivity contribution in [1.82, 2.24) is 5.32 Å². The molecule has 0 saturated heterocycles. The number of ether oxygens (including phenoxy) is 1. The summed E-state index contributed by atoms with van der Waals surface area (Å²) >= 11 is 0. The molecule has 1 aromatic carbocycles. The molecule has 1 heterocycles. The molecule has 2 unspecified atom stereocenters. The Morgan fingerprint density at radius 2 is 1.86 bits per heavy atom. The molecular formula is C17H23NO3. The lowest BCUT2D eigenvalue weighted by atomic mass is 10.1. The second kappa shape index (κ2) is 7.29. The Bertz CT molecular complexity index is 519. The summed E-state index contributed by atoms with van der Waals surface area (Å²) in [4.78, 5) is 0. The Morgan fingerprint density at radius 3 is 2.38 bits per heavy atom. The van der Waals surface area contributed by atoms with Crippen LogP contribution < -0.4 is 10.1 Å². The van der Waals surface area contributed by atoms with E-state index in [0.29, 0.717) is 0 Å². The van der Waals surface area contributed by atoms with E-state index in [9.17, 15) is 5.11 Å². The highest BCUT2D eigenvalue weighted by atomic mass is 16.5. The average molecular weight is 289 g/mol. The monoisotopic (exact) mass is 289 g/mol. The maximum absolute atomic E-state index is 9.49. The van der Waals surface area contributed by atoms with E-state index in [0.717, 1.165) is 17.1 Å². The summed E-state index contributed by atoms with van der Waals surface area (Å²) in [6.45, 7) is 6.07. The molecule has 0 spiro atoms. The Hall–Kier alpha value is -1.78. The quantitative estimate of drug-likeness (QED) is 0.819. The van der Waals surface area contributed by atoms with E-state index in [4.69, 9.17) is 9.15 Å². The molecule has 2 atom stereocenters. The van der Waals surface area contributed by atoms with Crippen molar-refractivity contribution in [3.05, 3.63) is 54.0 Å². The third kappa shape index (κ3) is 4.34. The number of furan rings is 1. The lowest BCUT2D eigenvalue weighted by Gasteiger charge is -2.21. The van der Waals surface area contributed by atoms with Crippen LogP contribution in [0.25, 0.3) is 0 Å². The molecule has 4 heteroatoms. The fourth-order valence-electron chi connectivity index (χ4n) is 2.22. The molecule has 0 radical (unpaired) electrons. The summed E-state index contributed by atoms with van der Waals surface area (Å²) in [6, 6.07) is 11.6.